The van der Waals surface area contributed by atoms with E-state index < -0.39 is 17.7 Å². The zero-order valence-electron chi connectivity index (χ0n) is 16.3. The molecule has 28 heavy (non-hydrogen) atoms. The average molecular weight is 380 g/mol. The predicted molar refractivity (Wildman–Crippen MR) is 106 cm³/mol. The summed E-state index contributed by atoms with van der Waals surface area (Å²) in [7, 11) is 0. The molecule has 3 rings (SSSR count). The monoisotopic (exact) mass is 380 g/mol. The van der Waals surface area contributed by atoms with E-state index in [2.05, 4.69) is 4.98 Å². The number of Topliss-reactive ketones (excluding diaryl/α,β-unsaturated/α-hetero) is 1. The van der Waals surface area contributed by atoms with Crippen LogP contribution < -0.4 is 9.64 Å². The van der Waals surface area contributed by atoms with E-state index >= 15 is 0 Å². The maximum absolute atomic E-state index is 12.9. The Morgan fingerprint density at radius 1 is 1.25 bits per heavy atom. The summed E-state index contributed by atoms with van der Waals surface area (Å²) in [6.45, 7) is 6.28. The highest BCUT2D eigenvalue weighted by atomic mass is 16.5. The molecule has 0 radical (unpaired) electrons. The van der Waals surface area contributed by atoms with Crippen LogP contribution in [-0.4, -0.2) is 28.4 Å². The van der Waals surface area contributed by atoms with Gasteiger partial charge in [-0.1, -0.05) is 19.9 Å². The number of ether oxygens (including phenoxy) is 1. The van der Waals surface area contributed by atoms with Crippen molar-refractivity contribution in [2.75, 3.05) is 11.5 Å². The van der Waals surface area contributed by atoms with Gasteiger partial charge in [0.1, 0.15) is 5.75 Å². The molecule has 2 heterocycles. The summed E-state index contributed by atoms with van der Waals surface area (Å²) >= 11 is 0. The Bertz CT molecular complexity index is 889. The molecule has 6 heteroatoms. The highest BCUT2D eigenvalue weighted by molar-refractivity contribution is 6.16. The van der Waals surface area contributed by atoms with E-state index in [9.17, 15) is 14.7 Å². The number of nitrogens with zero attached hydrogens (tertiary/aromatic N) is 2. The number of aliphatic hydroxyl groups is 1. The average Bonchev–Trinajstić information content (AvgIpc) is 2.94. The number of carbonyl (C=O) groups excluding carboxylic acids is 2. The number of aromatic nitrogens is 1. The van der Waals surface area contributed by atoms with Gasteiger partial charge in [0.15, 0.2) is 11.5 Å². The lowest BCUT2D eigenvalue weighted by atomic mass is 9.93. The second kappa shape index (κ2) is 8.25. The summed E-state index contributed by atoms with van der Waals surface area (Å²) in [6, 6.07) is 9.84. The molecular weight excluding hydrogens is 356 g/mol. The Kier molecular flexibility index (Phi) is 5.78. The number of hydrogen-bond acceptors (Lipinski definition) is 5. The molecule has 0 spiro atoms. The SMILES string of the molecule is CCOc1ccc(N2C(=O)C(O)=C(C(=O)CC(C)C)C2c2cccnc2)cc1. The largest absolute Gasteiger partial charge is 0.503 e. The molecule has 2 aromatic rings. The van der Waals surface area contributed by atoms with Crippen LogP contribution in [0.25, 0.3) is 0 Å². The molecule has 1 aromatic heterocycles. The van der Waals surface area contributed by atoms with Gasteiger partial charge in [0.2, 0.25) is 0 Å². The molecule has 1 aliphatic rings. The second-order valence-corrected chi connectivity index (χ2v) is 7.07. The van der Waals surface area contributed by atoms with Gasteiger partial charge in [-0.15, -0.1) is 0 Å². The van der Waals surface area contributed by atoms with E-state index in [0.29, 0.717) is 23.6 Å². The number of pyridine rings is 1. The first-order valence-corrected chi connectivity index (χ1v) is 9.36. The van der Waals surface area contributed by atoms with Gasteiger partial charge in [0, 0.05) is 24.5 Å². The van der Waals surface area contributed by atoms with Crippen molar-refractivity contribution in [2.45, 2.75) is 33.2 Å². The van der Waals surface area contributed by atoms with Crippen LogP contribution in [0.5, 0.6) is 5.75 Å². The van der Waals surface area contributed by atoms with Crippen molar-refractivity contribution in [2.24, 2.45) is 5.92 Å². The lowest BCUT2D eigenvalue weighted by Crippen LogP contribution is -2.31. The number of anilines is 1. The maximum atomic E-state index is 12.9. The molecule has 0 fully saturated rings. The Morgan fingerprint density at radius 2 is 1.96 bits per heavy atom. The quantitative estimate of drug-likeness (QED) is 0.785. The summed E-state index contributed by atoms with van der Waals surface area (Å²) in [5.41, 5.74) is 1.36. The molecule has 1 amide bonds. The van der Waals surface area contributed by atoms with E-state index in [4.69, 9.17) is 4.74 Å². The molecule has 1 aromatic carbocycles. The zero-order valence-corrected chi connectivity index (χ0v) is 16.3. The van der Waals surface area contributed by atoms with E-state index in [0.717, 1.165) is 0 Å². The molecule has 0 saturated heterocycles. The Balaban J connectivity index is 2.06. The highest BCUT2D eigenvalue weighted by Gasteiger charge is 2.44. The number of hydrogen-bond donors (Lipinski definition) is 1. The van der Waals surface area contributed by atoms with Crippen molar-refractivity contribution in [1.29, 1.82) is 0 Å². The third kappa shape index (κ3) is 3.76. The molecule has 0 saturated carbocycles. The predicted octanol–water partition coefficient (Wildman–Crippen LogP) is 4.00. The van der Waals surface area contributed by atoms with Crippen LogP contribution in [0, 0.1) is 5.92 Å². The second-order valence-electron chi connectivity index (χ2n) is 7.07. The van der Waals surface area contributed by atoms with Crippen LogP contribution in [0.4, 0.5) is 5.69 Å². The summed E-state index contributed by atoms with van der Waals surface area (Å²) in [6.07, 6.45) is 3.49. The fourth-order valence-electron chi connectivity index (χ4n) is 3.36. The number of aliphatic hydroxyl groups excluding tert-OH is 1. The topological polar surface area (TPSA) is 79.7 Å². The minimum Gasteiger partial charge on any atom is -0.503 e. The molecule has 1 aliphatic heterocycles. The molecule has 0 bridgehead atoms. The zero-order chi connectivity index (χ0) is 20.3. The van der Waals surface area contributed by atoms with Crippen molar-refractivity contribution in [3.05, 3.63) is 65.7 Å². The van der Waals surface area contributed by atoms with Gasteiger partial charge in [-0.2, -0.15) is 0 Å². The summed E-state index contributed by atoms with van der Waals surface area (Å²) < 4.78 is 5.46. The third-order valence-electron chi connectivity index (χ3n) is 4.53. The number of carbonyl (C=O) groups is 2. The van der Waals surface area contributed by atoms with Gasteiger partial charge in [-0.05, 0) is 48.7 Å². The van der Waals surface area contributed by atoms with E-state index in [1.54, 1.807) is 48.8 Å². The normalized spacial score (nSPS) is 16.8. The first-order chi connectivity index (χ1) is 13.4. The van der Waals surface area contributed by atoms with Gasteiger partial charge < -0.3 is 9.84 Å². The Labute approximate surface area is 164 Å². The van der Waals surface area contributed by atoms with Crippen LogP contribution in [0.15, 0.2) is 60.1 Å². The van der Waals surface area contributed by atoms with E-state index in [1.165, 1.54) is 4.90 Å². The first-order valence-electron chi connectivity index (χ1n) is 9.36. The first kappa shape index (κ1) is 19.6. The fraction of sp³-hybridized carbons (Fsp3) is 0.318. The van der Waals surface area contributed by atoms with Crippen LogP contribution in [0.3, 0.4) is 0 Å². The van der Waals surface area contributed by atoms with Gasteiger partial charge >= 0.3 is 0 Å². The molecule has 146 valence electrons. The van der Waals surface area contributed by atoms with Gasteiger partial charge in [-0.3, -0.25) is 19.5 Å². The standard InChI is InChI=1S/C22H24N2O4/c1-4-28-17-9-7-16(8-10-17)24-20(15-6-5-11-23-13-15)19(21(26)22(24)27)18(25)12-14(2)3/h5-11,13-14,20,26H,4,12H2,1-3H3. The van der Waals surface area contributed by atoms with Crippen molar-refractivity contribution in [1.82, 2.24) is 4.98 Å². The van der Waals surface area contributed by atoms with Crippen molar-refractivity contribution < 1.29 is 19.4 Å². The van der Waals surface area contributed by atoms with Gasteiger partial charge in [0.25, 0.3) is 5.91 Å². The van der Waals surface area contributed by atoms with Crippen molar-refractivity contribution >= 4 is 17.4 Å². The molecule has 1 atom stereocenters. The van der Waals surface area contributed by atoms with Crippen LogP contribution >= 0.6 is 0 Å². The Hall–Kier alpha value is -3.15. The van der Waals surface area contributed by atoms with Crippen LogP contribution in [-0.2, 0) is 9.59 Å². The number of rotatable bonds is 7. The summed E-state index contributed by atoms with van der Waals surface area (Å²) in [5, 5.41) is 10.6. The molecule has 0 aliphatic carbocycles. The molecule has 1 N–H and O–H groups in total. The lowest BCUT2D eigenvalue weighted by Gasteiger charge is -2.27. The van der Waals surface area contributed by atoms with Gasteiger partial charge in [0.05, 0.1) is 18.2 Å². The third-order valence-corrected chi connectivity index (χ3v) is 4.53. The molecule has 1 unspecified atom stereocenters. The number of ketones is 1. The van der Waals surface area contributed by atoms with Crippen LogP contribution in [0.2, 0.25) is 0 Å². The smallest absolute Gasteiger partial charge is 0.294 e. The number of benzene rings is 1. The number of amides is 1. The van der Waals surface area contributed by atoms with Gasteiger partial charge in [-0.25, -0.2) is 0 Å². The summed E-state index contributed by atoms with van der Waals surface area (Å²) in [4.78, 5) is 31.4. The highest BCUT2D eigenvalue weighted by Crippen LogP contribution is 2.41. The summed E-state index contributed by atoms with van der Waals surface area (Å²) in [5.74, 6) is -0.525. The maximum Gasteiger partial charge on any atom is 0.294 e. The van der Waals surface area contributed by atoms with E-state index in [-0.39, 0.29) is 23.7 Å². The van der Waals surface area contributed by atoms with Crippen LogP contribution in [0.1, 0.15) is 38.8 Å². The minimum absolute atomic E-state index is 0.108. The van der Waals surface area contributed by atoms with E-state index in [1.807, 2.05) is 20.8 Å². The Morgan fingerprint density at radius 3 is 2.54 bits per heavy atom. The minimum atomic E-state index is -0.717. The van der Waals surface area contributed by atoms with Crippen molar-refractivity contribution in [3.8, 4) is 5.75 Å². The van der Waals surface area contributed by atoms with Crippen molar-refractivity contribution in [3.63, 3.8) is 0 Å². The fourth-order valence-corrected chi connectivity index (χ4v) is 3.36. The molecular formula is C22H24N2O4. The molecule has 6 nitrogen and oxygen atoms in total. The lowest BCUT2D eigenvalue weighted by molar-refractivity contribution is -0.118.